The zero-order valence-electron chi connectivity index (χ0n) is 34.4. The van der Waals surface area contributed by atoms with Crippen molar-refractivity contribution >= 4 is 28.1 Å². The van der Waals surface area contributed by atoms with E-state index in [2.05, 4.69) is 213 Å². The Morgan fingerprint density at radius 1 is 0.797 bits per heavy atom. The highest BCUT2D eigenvalue weighted by atomic mass is 15.1. The largest absolute Gasteiger partial charge is 0.311 e. The number of nitrogens with zero attached hydrogens (tertiary/aromatic N) is 1. The topological polar surface area (TPSA) is 3.24 Å². The van der Waals surface area contributed by atoms with Crippen molar-refractivity contribution in [3.05, 3.63) is 258 Å². The highest BCUT2D eigenvalue weighted by Crippen LogP contribution is 2.47. The van der Waals surface area contributed by atoms with Crippen LogP contribution in [0, 0.1) is 0 Å². The first-order valence-corrected chi connectivity index (χ1v) is 21.1. The molecular formula is C58H53N. The number of para-hydroxylation sites is 1. The summed E-state index contributed by atoms with van der Waals surface area (Å²) in [6.45, 7) is 13.4. The molecule has 1 heterocycles. The molecule has 1 nitrogen and oxygen atoms in total. The molecule has 1 atom stereocenters. The van der Waals surface area contributed by atoms with Crippen LogP contribution in [0.1, 0.15) is 72.4 Å². The van der Waals surface area contributed by atoms with Crippen molar-refractivity contribution in [1.82, 2.24) is 0 Å². The van der Waals surface area contributed by atoms with Gasteiger partial charge in [-0.1, -0.05) is 171 Å². The SMILES string of the molecule is C=C/C(=C\C1=C(C)C2=CC=CCCC2c2ccccc21)c1cccc(C2=C/Cc3ccccc3N(c3cc(CC=CC/C=C\C)cc(-c4ccccc4)c3)C(=C)/C=C\2)c1. The van der Waals surface area contributed by atoms with Gasteiger partial charge in [0.25, 0.3) is 0 Å². The monoisotopic (exact) mass is 763 g/mol. The van der Waals surface area contributed by atoms with Crippen molar-refractivity contribution in [1.29, 1.82) is 0 Å². The highest BCUT2D eigenvalue weighted by molar-refractivity contribution is 5.93. The molecule has 290 valence electrons. The summed E-state index contributed by atoms with van der Waals surface area (Å²) in [7, 11) is 0. The Hall–Kier alpha value is -6.70. The zero-order valence-corrected chi connectivity index (χ0v) is 34.4. The normalized spacial score (nSPS) is 18.2. The molecule has 1 aliphatic heterocycles. The molecule has 5 aromatic rings. The minimum atomic E-state index is 0.428. The zero-order chi connectivity index (χ0) is 40.6. The fourth-order valence-corrected chi connectivity index (χ4v) is 8.77. The molecule has 0 fully saturated rings. The van der Waals surface area contributed by atoms with E-state index in [4.69, 9.17) is 6.58 Å². The van der Waals surface area contributed by atoms with E-state index in [1.807, 2.05) is 6.08 Å². The van der Waals surface area contributed by atoms with Gasteiger partial charge in [-0.25, -0.2) is 0 Å². The fraction of sp³-hybridized carbons (Fsp3) is 0.138. The molecule has 0 radical (unpaired) electrons. The van der Waals surface area contributed by atoms with E-state index in [1.54, 1.807) is 0 Å². The van der Waals surface area contributed by atoms with Gasteiger partial charge in [-0.15, -0.1) is 0 Å². The summed E-state index contributed by atoms with van der Waals surface area (Å²) in [5, 5.41) is 0. The van der Waals surface area contributed by atoms with E-state index >= 15 is 0 Å². The molecule has 0 N–H and O–H groups in total. The number of anilines is 2. The van der Waals surface area contributed by atoms with Crippen LogP contribution in [0.5, 0.6) is 0 Å². The van der Waals surface area contributed by atoms with Crippen molar-refractivity contribution in [2.75, 3.05) is 4.90 Å². The maximum atomic E-state index is 4.71. The fourth-order valence-electron chi connectivity index (χ4n) is 8.77. The van der Waals surface area contributed by atoms with Crippen molar-refractivity contribution < 1.29 is 0 Å². The second-order valence-corrected chi connectivity index (χ2v) is 15.6. The summed E-state index contributed by atoms with van der Waals surface area (Å²) in [6.07, 6.45) is 31.6. The van der Waals surface area contributed by atoms with Gasteiger partial charge >= 0.3 is 0 Å². The quantitative estimate of drug-likeness (QED) is 0.101. The van der Waals surface area contributed by atoms with Crippen molar-refractivity contribution in [2.45, 2.75) is 51.9 Å². The summed E-state index contributed by atoms with van der Waals surface area (Å²) in [6, 6.07) is 44.3. The van der Waals surface area contributed by atoms with Crippen LogP contribution < -0.4 is 4.90 Å². The van der Waals surface area contributed by atoms with Crippen LogP contribution in [0.25, 0.3) is 27.8 Å². The number of rotatable bonds is 10. The molecular weight excluding hydrogens is 711 g/mol. The van der Waals surface area contributed by atoms with Gasteiger partial charge in [0.15, 0.2) is 0 Å². The average molecular weight is 764 g/mol. The average Bonchev–Trinajstić information content (AvgIpc) is 3.50. The van der Waals surface area contributed by atoms with Crippen molar-refractivity contribution in [3.8, 4) is 11.1 Å². The molecule has 5 aromatic carbocycles. The standard InChI is InChI=1S/C58H53N/c1-5-7-8-9-12-22-44-37-51(46-23-13-10-14-24-46)40-52(38-44)59-42(3)33-34-47(35-36-48-25-17-20-32-58(48)59)50-27-21-26-49(39-50)45(6-2)41-57-43(4)53-28-15-11-16-29-54(53)55-30-18-19-31-56(55)57/h5-7,9-15,17-21,23-28,30-35,37-41,54H,2-3,8,16,22,29,36H2,1,4H3/b7-5-,12-9?,34-33-,45-41+,47-35+. The second-order valence-electron chi connectivity index (χ2n) is 15.6. The minimum Gasteiger partial charge on any atom is -0.311 e. The van der Waals surface area contributed by atoms with E-state index in [9.17, 15) is 0 Å². The van der Waals surface area contributed by atoms with Gasteiger partial charge < -0.3 is 4.90 Å². The van der Waals surface area contributed by atoms with Crippen LogP contribution in [0.2, 0.25) is 0 Å². The van der Waals surface area contributed by atoms with E-state index in [-0.39, 0.29) is 0 Å². The Balaban J connectivity index is 1.16. The molecule has 59 heavy (non-hydrogen) atoms. The van der Waals surface area contributed by atoms with Crippen LogP contribution in [0.15, 0.2) is 224 Å². The molecule has 0 saturated carbocycles. The maximum Gasteiger partial charge on any atom is 0.0496 e. The summed E-state index contributed by atoms with van der Waals surface area (Å²) < 4.78 is 0. The number of hydrogen-bond acceptors (Lipinski definition) is 1. The molecule has 3 aliphatic rings. The Morgan fingerprint density at radius 3 is 2.47 bits per heavy atom. The van der Waals surface area contributed by atoms with Gasteiger partial charge in [0.05, 0.1) is 0 Å². The van der Waals surface area contributed by atoms with Gasteiger partial charge in [-0.05, 0) is 155 Å². The van der Waals surface area contributed by atoms with E-state index in [0.29, 0.717) is 5.92 Å². The van der Waals surface area contributed by atoms with Crippen LogP contribution in [-0.4, -0.2) is 0 Å². The first-order chi connectivity index (χ1) is 29.0. The molecule has 0 saturated heterocycles. The smallest absolute Gasteiger partial charge is 0.0496 e. The molecule has 0 amide bonds. The van der Waals surface area contributed by atoms with E-state index < -0.39 is 0 Å². The minimum absolute atomic E-state index is 0.428. The second kappa shape index (κ2) is 18.3. The van der Waals surface area contributed by atoms with Gasteiger partial charge in [0.1, 0.15) is 0 Å². The molecule has 1 unspecified atom stereocenters. The van der Waals surface area contributed by atoms with Crippen LogP contribution in [0.3, 0.4) is 0 Å². The first kappa shape index (κ1) is 39.1. The lowest BCUT2D eigenvalue weighted by Crippen LogP contribution is -2.16. The summed E-state index contributed by atoms with van der Waals surface area (Å²) >= 11 is 0. The Kier molecular flexibility index (Phi) is 12.1. The molecule has 8 rings (SSSR count). The lowest BCUT2D eigenvalue weighted by molar-refractivity contribution is 0.718. The third-order valence-electron chi connectivity index (χ3n) is 11.8. The number of benzene rings is 5. The summed E-state index contributed by atoms with van der Waals surface area (Å²) in [5.74, 6) is 0.428. The Bertz CT molecular complexity index is 2630. The Morgan fingerprint density at radius 2 is 1.61 bits per heavy atom. The summed E-state index contributed by atoms with van der Waals surface area (Å²) in [4.78, 5) is 2.33. The Labute approximate surface area is 352 Å². The molecule has 0 aromatic heterocycles. The molecule has 1 heteroatoms. The first-order valence-electron chi connectivity index (χ1n) is 21.1. The van der Waals surface area contributed by atoms with Crippen LogP contribution >= 0.6 is 0 Å². The van der Waals surface area contributed by atoms with E-state index in [1.165, 1.54) is 50.1 Å². The lowest BCUT2D eigenvalue weighted by Gasteiger charge is -2.30. The molecule has 0 spiro atoms. The number of fused-ring (bicyclic) bond motifs is 4. The predicted octanol–water partition coefficient (Wildman–Crippen LogP) is 15.7. The number of allylic oxidation sites excluding steroid dienone is 17. The van der Waals surface area contributed by atoms with Gasteiger partial charge in [-0.3, -0.25) is 0 Å². The molecule has 0 bridgehead atoms. The predicted molar refractivity (Wildman–Crippen MR) is 256 cm³/mol. The van der Waals surface area contributed by atoms with Gasteiger partial charge in [0, 0.05) is 23.0 Å². The summed E-state index contributed by atoms with van der Waals surface area (Å²) in [5.41, 5.74) is 19.4. The van der Waals surface area contributed by atoms with Crippen molar-refractivity contribution in [2.24, 2.45) is 0 Å². The molecule has 2 aliphatic carbocycles. The van der Waals surface area contributed by atoms with Crippen LogP contribution in [0.4, 0.5) is 11.4 Å². The lowest BCUT2D eigenvalue weighted by atomic mass is 9.73. The van der Waals surface area contributed by atoms with Crippen LogP contribution in [-0.2, 0) is 12.8 Å². The number of hydrogen-bond donors (Lipinski definition) is 0. The van der Waals surface area contributed by atoms with E-state index in [0.717, 1.165) is 71.4 Å². The van der Waals surface area contributed by atoms with Gasteiger partial charge in [0.2, 0.25) is 0 Å². The van der Waals surface area contributed by atoms with Gasteiger partial charge in [-0.2, -0.15) is 0 Å². The highest BCUT2D eigenvalue weighted by Gasteiger charge is 2.28. The maximum absolute atomic E-state index is 4.71. The third kappa shape index (κ3) is 8.62. The third-order valence-corrected chi connectivity index (χ3v) is 11.8. The van der Waals surface area contributed by atoms with Crippen molar-refractivity contribution in [3.63, 3.8) is 0 Å².